The maximum Gasteiger partial charge on any atom is 0.226 e. The van der Waals surface area contributed by atoms with Gasteiger partial charge in [0.05, 0.1) is 0 Å². The van der Waals surface area contributed by atoms with Crippen molar-refractivity contribution >= 4 is 45.0 Å². The molecule has 1 aromatic heterocycles. The van der Waals surface area contributed by atoms with Gasteiger partial charge in [0.1, 0.15) is 0 Å². The van der Waals surface area contributed by atoms with Gasteiger partial charge in [0.25, 0.3) is 0 Å². The summed E-state index contributed by atoms with van der Waals surface area (Å²) in [6.45, 7) is 2.15. The lowest BCUT2D eigenvalue weighted by Gasteiger charge is -2.17. The van der Waals surface area contributed by atoms with Gasteiger partial charge in [0.2, 0.25) is 11.8 Å². The van der Waals surface area contributed by atoms with Gasteiger partial charge >= 0.3 is 0 Å². The lowest BCUT2D eigenvalue weighted by atomic mass is 10.1. The third-order valence-electron chi connectivity index (χ3n) is 5.70. The van der Waals surface area contributed by atoms with E-state index in [1.165, 1.54) is 10.9 Å². The lowest BCUT2D eigenvalue weighted by molar-refractivity contribution is -0.118. The van der Waals surface area contributed by atoms with Crippen LogP contribution in [0.4, 0.5) is 11.4 Å². The fraction of sp³-hybridized carbons (Fsp3) is 0.231. The number of benzene rings is 3. The summed E-state index contributed by atoms with van der Waals surface area (Å²) < 4.78 is 0. The molecule has 0 aliphatic rings. The Morgan fingerprint density at radius 3 is 2.52 bits per heavy atom. The van der Waals surface area contributed by atoms with E-state index >= 15 is 0 Å². The Bertz CT molecular complexity index is 1230. The number of nitrogens with zero attached hydrogens (tertiary/aromatic N) is 1. The molecule has 5 nitrogen and oxygen atoms in total. The van der Waals surface area contributed by atoms with E-state index in [0.717, 1.165) is 34.2 Å². The highest BCUT2D eigenvalue weighted by atomic mass is 16.2. The van der Waals surface area contributed by atoms with E-state index in [1.807, 2.05) is 48.5 Å². The highest BCUT2D eigenvalue weighted by Gasteiger charge is 2.12. The highest BCUT2D eigenvalue weighted by molar-refractivity contribution is 6.09. The molecule has 5 heteroatoms. The number of H-pyrrole nitrogens is 1. The number of nitrogens with one attached hydrogen (secondary N) is 2. The monoisotopic (exact) mass is 413 g/mol. The van der Waals surface area contributed by atoms with Gasteiger partial charge in [0.15, 0.2) is 0 Å². The minimum Gasteiger partial charge on any atom is -0.354 e. The average Bonchev–Trinajstić information content (AvgIpc) is 3.17. The molecule has 0 saturated heterocycles. The number of amides is 2. The number of anilines is 2. The van der Waals surface area contributed by atoms with Crippen molar-refractivity contribution < 1.29 is 9.59 Å². The zero-order valence-electron chi connectivity index (χ0n) is 17.9. The quantitative estimate of drug-likeness (QED) is 0.411. The Balaban J connectivity index is 1.36. The standard InChI is InChI=1S/C26H27N3O2/c1-3-18-9-7-12-22-21-16-15-19(17-23(21)28-26(18)22)27-24(30)13-8-14-25(31)29(2)20-10-5-4-6-11-20/h4-7,9-12,15-17,28H,3,8,13-14H2,1-2H3,(H,27,30). The molecule has 0 atom stereocenters. The molecule has 1 heterocycles. The van der Waals surface area contributed by atoms with E-state index < -0.39 is 0 Å². The van der Waals surface area contributed by atoms with Crippen LogP contribution in [-0.4, -0.2) is 23.8 Å². The molecule has 0 radical (unpaired) electrons. The van der Waals surface area contributed by atoms with Crippen molar-refractivity contribution in [2.24, 2.45) is 0 Å². The molecule has 31 heavy (non-hydrogen) atoms. The fourth-order valence-electron chi connectivity index (χ4n) is 3.95. The minimum absolute atomic E-state index is 0.00484. The summed E-state index contributed by atoms with van der Waals surface area (Å²) >= 11 is 0. The number of carbonyl (C=O) groups excluding carboxylic acids is 2. The van der Waals surface area contributed by atoms with E-state index in [4.69, 9.17) is 0 Å². The number of rotatable bonds is 7. The molecule has 0 saturated carbocycles. The van der Waals surface area contributed by atoms with Crippen LogP contribution in [0.15, 0.2) is 66.7 Å². The molecule has 2 amide bonds. The van der Waals surface area contributed by atoms with Crippen LogP contribution in [0, 0.1) is 0 Å². The third kappa shape index (κ3) is 4.45. The molecule has 158 valence electrons. The van der Waals surface area contributed by atoms with E-state index in [-0.39, 0.29) is 11.8 Å². The van der Waals surface area contributed by atoms with Crippen molar-refractivity contribution in [3.05, 3.63) is 72.3 Å². The maximum absolute atomic E-state index is 12.4. The topological polar surface area (TPSA) is 65.2 Å². The maximum atomic E-state index is 12.4. The van der Waals surface area contributed by atoms with E-state index in [9.17, 15) is 9.59 Å². The Kier molecular flexibility index (Phi) is 6.03. The predicted octanol–water partition coefficient (Wildman–Crippen LogP) is 5.66. The van der Waals surface area contributed by atoms with Crippen LogP contribution in [0.2, 0.25) is 0 Å². The highest BCUT2D eigenvalue weighted by Crippen LogP contribution is 2.29. The van der Waals surface area contributed by atoms with Gasteiger partial charge in [-0.25, -0.2) is 0 Å². The molecule has 4 aromatic rings. The molecule has 0 unspecified atom stereocenters. The molecule has 0 aliphatic heterocycles. The predicted molar refractivity (Wildman–Crippen MR) is 128 cm³/mol. The molecule has 2 N–H and O–H groups in total. The van der Waals surface area contributed by atoms with E-state index in [0.29, 0.717) is 19.3 Å². The van der Waals surface area contributed by atoms with Gasteiger partial charge in [0, 0.05) is 53.1 Å². The molecule has 0 fully saturated rings. The third-order valence-corrected chi connectivity index (χ3v) is 5.70. The van der Waals surface area contributed by atoms with Crippen molar-refractivity contribution in [2.45, 2.75) is 32.6 Å². The Morgan fingerprint density at radius 2 is 1.74 bits per heavy atom. The molecular weight excluding hydrogens is 386 g/mol. The first-order chi connectivity index (χ1) is 15.1. The van der Waals surface area contributed by atoms with Crippen LogP contribution in [0.1, 0.15) is 31.7 Å². The van der Waals surface area contributed by atoms with Crippen LogP contribution in [0.3, 0.4) is 0 Å². The Labute approximate surface area is 182 Å². The minimum atomic E-state index is -0.0835. The summed E-state index contributed by atoms with van der Waals surface area (Å²) in [5.41, 5.74) is 5.06. The molecule has 3 aromatic carbocycles. The van der Waals surface area contributed by atoms with Gasteiger partial charge in [-0.15, -0.1) is 0 Å². The van der Waals surface area contributed by atoms with Crippen molar-refractivity contribution in [2.75, 3.05) is 17.3 Å². The van der Waals surface area contributed by atoms with Gasteiger partial charge in [-0.3, -0.25) is 9.59 Å². The summed E-state index contributed by atoms with van der Waals surface area (Å²) in [6, 6.07) is 21.8. The number of aromatic amines is 1. The Morgan fingerprint density at radius 1 is 0.935 bits per heavy atom. The first-order valence-corrected chi connectivity index (χ1v) is 10.7. The molecule has 4 rings (SSSR count). The van der Waals surface area contributed by atoms with Crippen LogP contribution in [0.5, 0.6) is 0 Å². The zero-order valence-corrected chi connectivity index (χ0v) is 17.9. The second-order valence-electron chi connectivity index (χ2n) is 7.77. The lowest BCUT2D eigenvalue weighted by Crippen LogP contribution is -2.26. The van der Waals surface area contributed by atoms with Crippen molar-refractivity contribution in [3.63, 3.8) is 0 Å². The van der Waals surface area contributed by atoms with Crippen molar-refractivity contribution in [3.8, 4) is 0 Å². The zero-order chi connectivity index (χ0) is 21.8. The summed E-state index contributed by atoms with van der Waals surface area (Å²) in [5.74, 6) is -0.0786. The molecule has 0 bridgehead atoms. The smallest absolute Gasteiger partial charge is 0.226 e. The summed E-state index contributed by atoms with van der Waals surface area (Å²) in [4.78, 5) is 29.9. The number of para-hydroxylation sites is 2. The van der Waals surface area contributed by atoms with Gasteiger partial charge in [-0.05, 0) is 42.7 Å². The summed E-state index contributed by atoms with van der Waals surface area (Å²) in [7, 11) is 1.76. The summed E-state index contributed by atoms with van der Waals surface area (Å²) in [6.07, 6.45) is 2.11. The van der Waals surface area contributed by atoms with Crippen molar-refractivity contribution in [1.29, 1.82) is 0 Å². The molecule has 0 spiro atoms. The van der Waals surface area contributed by atoms with Crippen LogP contribution in [-0.2, 0) is 16.0 Å². The van der Waals surface area contributed by atoms with Gasteiger partial charge in [-0.1, -0.05) is 49.4 Å². The number of aryl methyl sites for hydroxylation is 1. The second-order valence-corrected chi connectivity index (χ2v) is 7.77. The van der Waals surface area contributed by atoms with Crippen LogP contribution in [0.25, 0.3) is 21.8 Å². The number of fused-ring (bicyclic) bond motifs is 3. The van der Waals surface area contributed by atoms with E-state index in [2.05, 4.69) is 35.4 Å². The van der Waals surface area contributed by atoms with Crippen molar-refractivity contribution in [1.82, 2.24) is 4.98 Å². The van der Waals surface area contributed by atoms with Gasteiger partial charge in [-0.2, -0.15) is 0 Å². The number of hydrogen-bond donors (Lipinski definition) is 2. The Hall–Kier alpha value is -3.60. The second kappa shape index (κ2) is 9.04. The SMILES string of the molecule is CCc1cccc2c1[nH]c1cc(NC(=O)CCCC(=O)N(C)c3ccccc3)ccc12. The van der Waals surface area contributed by atoms with Gasteiger partial charge < -0.3 is 15.2 Å². The number of carbonyl (C=O) groups is 2. The number of hydrogen-bond acceptors (Lipinski definition) is 2. The van der Waals surface area contributed by atoms with Crippen LogP contribution >= 0.6 is 0 Å². The molecule has 0 aliphatic carbocycles. The first kappa shape index (κ1) is 20.7. The first-order valence-electron chi connectivity index (χ1n) is 10.7. The van der Waals surface area contributed by atoms with E-state index in [1.54, 1.807) is 11.9 Å². The van der Waals surface area contributed by atoms with Crippen LogP contribution < -0.4 is 10.2 Å². The largest absolute Gasteiger partial charge is 0.354 e. The molecular formula is C26H27N3O2. The fourth-order valence-corrected chi connectivity index (χ4v) is 3.95. The normalized spacial score (nSPS) is 11.0. The number of aromatic nitrogens is 1. The summed E-state index contributed by atoms with van der Waals surface area (Å²) in [5, 5.41) is 5.31. The average molecular weight is 414 g/mol.